The van der Waals surface area contributed by atoms with Crippen LogP contribution in [0, 0.1) is 0 Å². The zero-order valence-corrected chi connectivity index (χ0v) is 25.6. The number of amides is 1. The first-order chi connectivity index (χ1) is 22.2. The van der Waals surface area contributed by atoms with E-state index in [4.69, 9.17) is 4.98 Å². The van der Waals surface area contributed by atoms with Gasteiger partial charge in [0.25, 0.3) is 0 Å². The van der Waals surface area contributed by atoms with Crippen LogP contribution in [-0.2, 0) is 37.4 Å². The summed E-state index contributed by atoms with van der Waals surface area (Å²) < 4.78 is 0. The Morgan fingerprint density at radius 1 is 0.711 bits per heavy atom. The van der Waals surface area contributed by atoms with Gasteiger partial charge in [0.1, 0.15) is 0 Å². The third-order valence-corrected chi connectivity index (χ3v) is 8.45. The Labute approximate surface area is 266 Å². The van der Waals surface area contributed by atoms with Gasteiger partial charge >= 0.3 is 0 Å². The molecule has 1 N–H and O–H groups in total. The molecule has 1 saturated heterocycles. The first-order valence-electron chi connectivity index (χ1n) is 15.8. The molecule has 0 unspecified atom stereocenters. The summed E-state index contributed by atoms with van der Waals surface area (Å²) in [6.45, 7) is 5.03. The predicted octanol–water partition coefficient (Wildman–Crippen LogP) is 6.06. The van der Waals surface area contributed by atoms with Gasteiger partial charge in [-0.25, -0.2) is 0 Å². The predicted molar refractivity (Wildman–Crippen MR) is 178 cm³/mol. The zero-order chi connectivity index (χ0) is 30.7. The maximum absolute atomic E-state index is 13.7. The van der Waals surface area contributed by atoms with Crippen LogP contribution in [0.4, 0.5) is 0 Å². The minimum atomic E-state index is 0.156. The van der Waals surface area contributed by atoms with E-state index in [0.29, 0.717) is 13.0 Å². The van der Waals surface area contributed by atoms with E-state index >= 15 is 0 Å². The van der Waals surface area contributed by atoms with E-state index in [1.807, 2.05) is 30.6 Å². The Morgan fingerprint density at radius 3 is 2.00 bits per heavy atom. The summed E-state index contributed by atoms with van der Waals surface area (Å²) in [5.74, 6) is 0.156. The molecule has 1 aliphatic heterocycles. The molecule has 228 valence electrons. The van der Waals surface area contributed by atoms with Crippen LogP contribution in [0.3, 0.4) is 0 Å². The summed E-state index contributed by atoms with van der Waals surface area (Å²) in [7, 11) is 0. The van der Waals surface area contributed by atoms with Gasteiger partial charge in [0, 0.05) is 81.9 Å². The number of hydrogen-bond acceptors (Lipinski definition) is 6. The van der Waals surface area contributed by atoms with Crippen molar-refractivity contribution in [2.45, 2.75) is 51.5 Å². The SMILES string of the molecule is O=C(Cc1cccnc1)N(Cc1ccc(-c2ccc(CNCc3cccnc3)cn2)cc1)C1CCN(Cc2ccccc2)CC1. The van der Waals surface area contributed by atoms with E-state index in [-0.39, 0.29) is 11.9 Å². The fourth-order valence-corrected chi connectivity index (χ4v) is 5.96. The molecule has 6 rings (SSSR count). The van der Waals surface area contributed by atoms with Crippen LogP contribution in [0.1, 0.15) is 40.7 Å². The van der Waals surface area contributed by atoms with Crippen LogP contribution in [0.2, 0.25) is 0 Å². The maximum Gasteiger partial charge on any atom is 0.227 e. The molecule has 4 heterocycles. The molecule has 2 aromatic carbocycles. The van der Waals surface area contributed by atoms with Crippen molar-refractivity contribution in [2.75, 3.05) is 13.1 Å². The van der Waals surface area contributed by atoms with Crippen LogP contribution in [-0.4, -0.2) is 49.8 Å². The number of nitrogens with zero attached hydrogens (tertiary/aromatic N) is 5. The molecule has 7 heteroatoms. The third-order valence-electron chi connectivity index (χ3n) is 8.45. The third kappa shape index (κ3) is 8.69. The van der Waals surface area contributed by atoms with Gasteiger partial charge in [0.15, 0.2) is 0 Å². The van der Waals surface area contributed by atoms with Crippen LogP contribution in [0.15, 0.2) is 122 Å². The van der Waals surface area contributed by atoms with Crippen molar-refractivity contribution in [3.63, 3.8) is 0 Å². The van der Waals surface area contributed by atoms with Crippen LogP contribution >= 0.6 is 0 Å². The molecule has 0 atom stereocenters. The molecule has 1 amide bonds. The van der Waals surface area contributed by atoms with Crippen LogP contribution in [0.25, 0.3) is 11.3 Å². The zero-order valence-electron chi connectivity index (χ0n) is 25.6. The van der Waals surface area contributed by atoms with E-state index in [1.54, 1.807) is 18.6 Å². The first kappa shape index (κ1) is 30.3. The first-order valence-corrected chi connectivity index (χ1v) is 15.8. The molecule has 3 aromatic heterocycles. The van der Waals surface area contributed by atoms with E-state index in [1.165, 1.54) is 5.56 Å². The number of nitrogens with one attached hydrogen (secondary N) is 1. The largest absolute Gasteiger partial charge is 0.335 e. The van der Waals surface area contributed by atoms with Crippen molar-refractivity contribution in [2.24, 2.45) is 0 Å². The van der Waals surface area contributed by atoms with Crippen LogP contribution < -0.4 is 5.32 Å². The Morgan fingerprint density at radius 2 is 1.36 bits per heavy atom. The molecule has 0 aliphatic carbocycles. The van der Waals surface area contributed by atoms with Crippen molar-refractivity contribution in [3.8, 4) is 11.3 Å². The van der Waals surface area contributed by atoms with Crippen molar-refractivity contribution in [3.05, 3.63) is 150 Å². The monoisotopic (exact) mass is 596 g/mol. The average molecular weight is 597 g/mol. The highest BCUT2D eigenvalue weighted by atomic mass is 16.2. The fraction of sp³-hybridized carbons (Fsp3) is 0.263. The lowest BCUT2D eigenvalue weighted by Gasteiger charge is -2.39. The van der Waals surface area contributed by atoms with Gasteiger partial charge < -0.3 is 10.2 Å². The van der Waals surface area contributed by atoms with Gasteiger partial charge in [-0.05, 0) is 58.9 Å². The maximum atomic E-state index is 13.7. The lowest BCUT2D eigenvalue weighted by atomic mass is 10.00. The molecule has 0 saturated carbocycles. The van der Waals surface area contributed by atoms with E-state index in [0.717, 1.165) is 79.1 Å². The number of benzene rings is 2. The standard InChI is InChI=1S/C38H40N6O/c45-38(22-32-8-4-18-39-23-32)44(36-16-20-43(21-17-36)28-30-6-2-1-3-7-30)29-31-10-13-35(14-11-31)37-15-12-34(27-42-37)26-41-25-33-9-5-19-40-24-33/h1-15,18-19,23-24,27,36,41H,16-17,20-22,25-26,28-29H2. The van der Waals surface area contributed by atoms with Crippen molar-refractivity contribution >= 4 is 5.91 Å². The second-order valence-electron chi connectivity index (χ2n) is 11.8. The lowest BCUT2D eigenvalue weighted by molar-refractivity contribution is -0.134. The summed E-state index contributed by atoms with van der Waals surface area (Å²) in [6.07, 6.45) is 11.4. The minimum Gasteiger partial charge on any atom is -0.335 e. The highest BCUT2D eigenvalue weighted by molar-refractivity contribution is 5.79. The van der Waals surface area contributed by atoms with E-state index in [9.17, 15) is 4.79 Å². The second-order valence-corrected chi connectivity index (χ2v) is 11.8. The number of carbonyl (C=O) groups excluding carboxylic acids is 1. The van der Waals surface area contributed by atoms with Gasteiger partial charge in [0.05, 0.1) is 12.1 Å². The number of piperidine rings is 1. The van der Waals surface area contributed by atoms with Crippen molar-refractivity contribution < 1.29 is 4.79 Å². The molecule has 1 aliphatic rings. The summed E-state index contributed by atoms with van der Waals surface area (Å²) in [4.78, 5) is 31.4. The van der Waals surface area contributed by atoms with Crippen LogP contribution in [0.5, 0.6) is 0 Å². The Kier molecular flexibility index (Phi) is 10.3. The van der Waals surface area contributed by atoms with E-state index in [2.05, 4.69) is 97.9 Å². The number of hydrogen-bond donors (Lipinski definition) is 1. The molecule has 0 radical (unpaired) electrons. The van der Waals surface area contributed by atoms with Gasteiger partial charge in [0.2, 0.25) is 5.91 Å². The minimum absolute atomic E-state index is 0.156. The van der Waals surface area contributed by atoms with Crippen molar-refractivity contribution in [1.29, 1.82) is 0 Å². The number of pyridine rings is 3. The number of rotatable bonds is 12. The van der Waals surface area contributed by atoms with Gasteiger partial charge in [-0.3, -0.25) is 24.6 Å². The molecular formula is C38H40N6O. The number of likely N-dealkylation sites (tertiary alicyclic amines) is 1. The molecule has 0 spiro atoms. The Hall–Kier alpha value is -4.72. The normalized spacial score (nSPS) is 13.9. The highest BCUT2D eigenvalue weighted by Gasteiger charge is 2.28. The average Bonchev–Trinajstić information content (AvgIpc) is 3.10. The summed E-state index contributed by atoms with van der Waals surface area (Å²) in [6, 6.07) is 31.4. The molecule has 1 fully saturated rings. The van der Waals surface area contributed by atoms with Crippen molar-refractivity contribution in [1.82, 2.24) is 30.1 Å². The fourth-order valence-electron chi connectivity index (χ4n) is 5.96. The highest BCUT2D eigenvalue weighted by Crippen LogP contribution is 2.24. The lowest BCUT2D eigenvalue weighted by Crippen LogP contribution is -2.47. The quantitative estimate of drug-likeness (QED) is 0.189. The smallest absolute Gasteiger partial charge is 0.227 e. The van der Waals surface area contributed by atoms with E-state index < -0.39 is 0 Å². The van der Waals surface area contributed by atoms with Gasteiger partial charge in [-0.2, -0.15) is 0 Å². The molecule has 0 bridgehead atoms. The summed E-state index contributed by atoms with van der Waals surface area (Å²) in [5, 5.41) is 3.45. The second kappa shape index (κ2) is 15.3. The summed E-state index contributed by atoms with van der Waals surface area (Å²) in [5.41, 5.74) is 7.71. The van der Waals surface area contributed by atoms with Gasteiger partial charge in [-0.1, -0.05) is 72.8 Å². The Bertz CT molecular complexity index is 1600. The molecule has 5 aromatic rings. The van der Waals surface area contributed by atoms with Gasteiger partial charge in [-0.15, -0.1) is 0 Å². The molecule has 45 heavy (non-hydrogen) atoms. The summed E-state index contributed by atoms with van der Waals surface area (Å²) >= 11 is 0. The molecule has 7 nitrogen and oxygen atoms in total. The molecular weight excluding hydrogens is 556 g/mol. The number of aromatic nitrogens is 3. The number of carbonyl (C=O) groups is 1. The Balaban J connectivity index is 1.08. The topological polar surface area (TPSA) is 74.2 Å².